The van der Waals surface area contributed by atoms with Crippen LogP contribution in [0.3, 0.4) is 0 Å². The number of anilines is 1. The first-order chi connectivity index (χ1) is 11.0. The molecule has 0 bridgehead atoms. The SMILES string of the molecule is CCCCOc1c(N)cc(Cl)cc1C(=O)OCCN(CC)CC. The van der Waals surface area contributed by atoms with E-state index in [0.717, 1.165) is 25.9 Å². The molecule has 0 aliphatic heterocycles. The van der Waals surface area contributed by atoms with Crippen LogP contribution in [0.15, 0.2) is 12.1 Å². The van der Waals surface area contributed by atoms with Crippen molar-refractivity contribution in [3.05, 3.63) is 22.7 Å². The maximum absolute atomic E-state index is 12.3. The molecule has 1 aromatic carbocycles. The number of carbonyl (C=O) groups excluding carboxylic acids is 1. The van der Waals surface area contributed by atoms with Gasteiger partial charge in [0.15, 0.2) is 5.75 Å². The first-order valence-electron chi connectivity index (χ1n) is 8.14. The molecule has 0 atom stereocenters. The lowest BCUT2D eigenvalue weighted by Crippen LogP contribution is -2.28. The van der Waals surface area contributed by atoms with Gasteiger partial charge in [-0.15, -0.1) is 0 Å². The Hall–Kier alpha value is -1.46. The lowest BCUT2D eigenvalue weighted by atomic mass is 10.1. The van der Waals surface area contributed by atoms with Crippen LogP contribution < -0.4 is 10.5 Å². The summed E-state index contributed by atoms with van der Waals surface area (Å²) >= 11 is 6.01. The molecule has 0 amide bonds. The molecule has 0 fully saturated rings. The van der Waals surface area contributed by atoms with Gasteiger partial charge < -0.3 is 20.1 Å². The molecule has 0 heterocycles. The number of esters is 1. The van der Waals surface area contributed by atoms with Gasteiger partial charge in [-0.25, -0.2) is 4.79 Å². The van der Waals surface area contributed by atoms with Gasteiger partial charge in [-0.05, 0) is 31.6 Å². The Morgan fingerprint density at radius 2 is 1.91 bits per heavy atom. The molecular weight excluding hydrogens is 316 g/mol. The van der Waals surface area contributed by atoms with Gasteiger partial charge in [-0.1, -0.05) is 38.8 Å². The summed E-state index contributed by atoms with van der Waals surface area (Å²) in [5.41, 5.74) is 6.57. The Kier molecular flexibility index (Phi) is 8.81. The van der Waals surface area contributed by atoms with Crippen LogP contribution in [0.2, 0.25) is 5.02 Å². The number of ether oxygens (including phenoxy) is 2. The molecule has 0 saturated carbocycles. The van der Waals surface area contributed by atoms with E-state index in [1.54, 1.807) is 12.1 Å². The summed E-state index contributed by atoms with van der Waals surface area (Å²) in [6.07, 6.45) is 1.88. The topological polar surface area (TPSA) is 64.8 Å². The zero-order chi connectivity index (χ0) is 17.2. The highest BCUT2D eigenvalue weighted by molar-refractivity contribution is 6.31. The maximum atomic E-state index is 12.3. The second kappa shape index (κ2) is 10.3. The Labute approximate surface area is 143 Å². The summed E-state index contributed by atoms with van der Waals surface area (Å²) in [6, 6.07) is 3.12. The molecule has 0 unspecified atom stereocenters. The number of rotatable bonds is 10. The molecule has 0 spiro atoms. The fourth-order valence-corrected chi connectivity index (χ4v) is 2.36. The zero-order valence-electron chi connectivity index (χ0n) is 14.2. The average Bonchev–Trinajstić information content (AvgIpc) is 2.53. The van der Waals surface area contributed by atoms with Gasteiger partial charge in [0.1, 0.15) is 12.2 Å². The third-order valence-corrected chi connectivity index (χ3v) is 3.80. The summed E-state index contributed by atoms with van der Waals surface area (Å²) < 4.78 is 11.0. The number of likely N-dealkylation sites (N-methyl/N-ethyl adjacent to an activating group) is 1. The standard InChI is InChI=1S/C17H27ClN2O3/c1-4-7-9-22-16-14(11-13(18)12-15(16)19)17(21)23-10-8-20(5-2)6-3/h11-12H,4-10,19H2,1-3H3. The Balaban J connectivity index is 2.77. The van der Waals surface area contributed by atoms with Crippen LogP contribution in [0.25, 0.3) is 0 Å². The van der Waals surface area contributed by atoms with Gasteiger partial charge >= 0.3 is 5.97 Å². The Morgan fingerprint density at radius 1 is 1.22 bits per heavy atom. The predicted octanol–water partition coefficient (Wildman–Crippen LogP) is 3.60. The normalized spacial score (nSPS) is 10.8. The summed E-state index contributed by atoms with van der Waals surface area (Å²) in [7, 11) is 0. The lowest BCUT2D eigenvalue weighted by Gasteiger charge is -2.18. The van der Waals surface area contributed by atoms with Gasteiger partial charge in [-0.2, -0.15) is 0 Å². The molecule has 0 aromatic heterocycles. The van der Waals surface area contributed by atoms with E-state index in [4.69, 9.17) is 26.8 Å². The Bertz CT molecular complexity index is 505. The minimum Gasteiger partial charge on any atom is -0.491 e. The fourth-order valence-electron chi connectivity index (χ4n) is 2.13. The first kappa shape index (κ1) is 19.6. The van der Waals surface area contributed by atoms with Crippen LogP contribution in [0.1, 0.15) is 44.0 Å². The highest BCUT2D eigenvalue weighted by Gasteiger charge is 2.18. The van der Waals surface area contributed by atoms with Crippen molar-refractivity contribution in [2.24, 2.45) is 0 Å². The highest BCUT2D eigenvalue weighted by atomic mass is 35.5. The fraction of sp³-hybridized carbons (Fsp3) is 0.588. The van der Waals surface area contributed by atoms with Gasteiger partial charge in [0.2, 0.25) is 0 Å². The summed E-state index contributed by atoms with van der Waals surface area (Å²) in [6.45, 7) is 9.57. The number of nitrogen functional groups attached to an aromatic ring is 1. The number of benzene rings is 1. The molecule has 130 valence electrons. The third kappa shape index (κ3) is 6.28. The van der Waals surface area contributed by atoms with E-state index in [0.29, 0.717) is 36.2 Å². The van der Waals surface area contributed by atoms with E-state index in [-0.39, 0.29) is 5.56 Å². The molecule has 2 N–H and O–H groups in total. The summed E-state index contributed by atoms with van der Waals surface area (Å²) in [5.74, 6) is -0.103. The number of hydrogen-bond acceptors (Lipinski definition) is 5. The number of halogens is 1. The number of hydrogen-bond donors (Lipinski definition) is 1. The van der Waals surface area contributed by atoms with E-state index in [2.05, 4.69) is 25.7 Å². The largest absolute Gasteiger partial charge is 0.491 e. The molecule has 0 aliphatic carbocycles. The smallest absolute Gasteiger partial charge is 0.342 e. The Morgan fingerprint density at radius 3 is 2.52 bits per heavy atom. The van der Waals surface area contributed by atoms with Crippen LogP contribution in [0, 0.1) is 0 Å². The monoisotopic (exact) mass is 342 g/mol. The van der Waals surface area contributed by atoms with E-state index in [1.807, 2.05) is 0 Å². The molecular formula is C17H27ClN2O3. The molecule has 0 saturated heterocycles. The van der Waals surface area contributed by atoms with Crippen LogP contribution in [0.5, 0.6) is 5.75 Å². The van der Waals surface area contributed by atoms with Crippen LogP contribution >= 0.6 is 11.6 Å². The average molecular weight is 343 g/mol. The van der Waals surface area contributed by atoms with E-state index < -0.39 is 5.97 Å². The van der Waals surface area contributed by atoms with E-state index >= 15 is 0 Å². The third-order valence-electron chi connectivity index (χ3n) is 3.58. The molecule has 1 aromatic rings. The molecule has 5 nitrogen and oxygen atoms in total. The van der Waals surface area contributed by atoms with E-state index in [9.17, 15) is 4.79 Å². The van der Waals surface area contributed by atoms with Crippen molar-refractivity contribution in [1.82, 2.24) is 4.90 Å². The quantitative estimate of drug-likeness (QED) is 0.400. The zero-order valence-corrected chi connectivity index (χ0v) is 15.0. The van der Waals surface area contributed by atoms with Crippen molar-refractivity contribution in [1.29, 1.82) is 0 Å². The minimum atomic E-state index is -0.460. The van der Waals surface area contributed by atoms with Gasteiger partial charge in [-0.3, -0.25) is 0 Å². The van der Waals surface area contributed by atoms with Crippen LogP contribution in [-0.2, 0) is 4.74 Å². The van der Waals surface area contributed by atoms with Gasteiger partial charge in [0.25, 0.3) is 0 Å². The molecule has 1 rings (SSSR count). The van der Waals surface area contributed by atoms with Crippen molar-refractivity contribution >= 4 is 23.3 Å². The second-order valence-electron chi connectivity index (χ2n) is 5.24. The van der Waals surface area contributed by atoms with Crippen molar-refractivity contribution in [3.8, 4) is 5.75 Å². The maximum Gasteiger partial charge on any atom is 0.342 e. The van der Waals surface area contributed by atoms with Crippen molar-refractivity contribution in [2.75, 3.05) is 38.6 Å². The molecule has 23 heavy (non-hydrogen) atoms. The number of carbonyl (C=O) groups is 1. The second-order valence-corrected chi connectivity index (χ2v) is 5.67. The molecule has 0 aliphatic rings. The van der Waals surface area contributed by atoms with Crippen molar-refractivity contribution in [3.63, 3.8) is 0 Å². The van der Waals surface area contributed by atoms with Crippen LogP contribution in [-0.4, -0.2) is 43.7 Å². The number of unbranched alkanes of at least 4 members (excludes halogenated alkanes) is 1. The first-order valence-corrected chi connectivity index (χ1v) is 8.52. The number of nitrogens with zero attached hydrogens (tertiary/aromatic N) is 1. The van der Waals surface area contributed by atoms with E-state index in [1.165, 1.54) is 0 Å². The van der Waals surface area contributed by atoms with Crippen molar-refractivity contribution < 1.29 is 14.3 Å². The minimum absolute atomic E-state index is 0.283. The summed E-state index contributed by atoms with van der Waals surface area (Å²) in [5, 5.41) is 0.390. The highest BCUT2D eigenvalue weighted by Crippen LogP contribution is 2.31. The summed E-state index contributed by atoms with van der Waals surface area (Å²) in [4.78, 5) is 14.5. The van der Waals surface area contributed by atoms with Gasteiger partial charge in [0, 0.05) is 11.6 Å². The predicted molar refractivity (Wildman–Crippen MR) is 94.3 cm³/mol. The van der Waals surface area contributed by atoms with Gasteiger partial charge in [0.05, 0.1) is 12.3 Å². The molecule has 0 radical (unpaired) electrons. The van der Waals surface area contributed by atoms with Crippen LogP contribution in [0.4, 0.5) is 5.69 Å². The van der Waals surface area contributed by atoms with Crippen molar-refractivity contribution in [2.45, 2.75) is 33.6 Å². The number of nitrogens with two attached hydrogens (primary N) is 1. The lowest BCUT2D eigenvalue weighted by molar-refractivity contribution is 0.0462. The molecule has 6 heteroatoms.